The minimum Gasteiger partial charge on any atom is -0.314 e. The molecule has 1 aromatic carbocycles. The van der Waals surface area contributed by atoms with Crippen molar-refractivity contribution in [3.05, 3.63) is 35.6 Å². The van der Waals surface area contributed by atoms with Gasteiger partial charge in [-0.2, -0.15) is 0 Å². The molecular formula is C19H32FN. The molecular weight excluding hydrogens is 261 g/mol. The maximum Gasteiger partial charge on any atom is 0.123 e. The molecule has 0 saturated carbocycles. The normalized spacial score (nSPS) is 12.5. The van der Waals surface area contributed by atoms with Crippen LogP contribution in [0.2, 0.25) is 0 Å². The molecule has 1 unspecified atom stereocenters. The van der Waals surface area contributed by atoms with Crippen LogP contribution in [0.5, 0.6) is 0 Å². The second-order valence-corrected chi connectivity index (χ2v) is 6.16. The van der Waals surface area contributed by atoms with Gasteiger partial charge in [-0.1, -0.05) is 64.0 Å². The molecule has 1 rings (SSSR count). The number of nitrogens with one attached hydrogen (secondary N) is 1. The van der Waals surface area contributed by atoms with E-state index in [0.717, 1.165) is 18.5 Å². The molecule has 1 nitrogen and oxygen atoms in total. The Morgan fingerprint density at radius 1 is 1.00 bits per heavy atom. The fourth-order valence-corrected chi connectivity index (χ4v) is 2.70. The molecule has 0 fully saturated rings. The van der Waals surface area contributed by atoms with Crippen molar-refractivity contribution < 1.29 is 4.39 Å². The Kier molecular flexibility index (Phi) is 10.1. The summed E-state index contributed by atoms with van der Waals surface area (Å²) >= 11 is 0. The molecule has 1 N–H and O–H groups in total. The van der Waals surface area contributed by atoms with E-state index in [1.807, 2.05) is 6.07 Å². The summed E-state index contributed by atoms with van der Waals surface area (Å²) in [5, 5.41) is 3.54. The Labute approximate surface area is 130 Å². The van der Waals surface area contributed by atoms with Gasteiger partial charge in [0.05, 0.1) is 0 Å². The van der Waals surface area contributed by atoms with Gasteiger partial charge in [-0.25, -0.2) is 4.39 Å². The number of hydrogen-bond donors (Lipinski definition) is 1. The third-order valence-electron chi connectivity index (χ3n) is 3.95. The zero-order valence-electron chi connectivity index (χ0n) is 13.8. The first kappa shape index (κ1) is 18.2. The zero-order chi connectivity index (χ0) is 15.3. The Hall–Kier alpha value is -0.890. The third-order valence-corrected chi connectivity index (χ3v) is 3.95. The molecule has 0 aromatic heterocycles. The van der Waals surface area contributed by atoms with Crippen LogP contribution < -0.4 is 5.32 Å². The van der Waals surface area contributed by atoms with Gasteiger partial charge in [-0.05, 0) is 44.0 Å². The van der Waals surface area contributed by atoms with Gasteiger partial charge in [-0.15, -0.1) is 0 Å². The standard InChI is InChI=1S/C19H32FN/c1-3-4-5-6-7-8-9-10-14-21-17(2)15-18-12-11-13-19(20)16-18/h11-13,16-17,21H,3-10,14-15H2,1-2H3. The highest BCUT2D eigenvalue weighted by molar-refractivity contribution is 5.17. The molecule has 120 valence electrons. The van der Waals surface area contributed by atoms with Crippen molar-refractivity contribution >= 4 is 0 Å². The highest BCUT2D eigenvalue weighted by atomic mass is 19.1. The fourth-order valence-electron chi connectivity index (χ4n) is 2.70. The van der Waals surface area contributed by atoms with Crippen LogP contribution in [0.15, 0.2) is 24.3 Å². The van der Waals surface area contributed by atoms with Gasteiger partial charge in [0.2, 0.25) is 0 Å². The van der Waals surface area contributed by atoms with Crippen molar-refractivity contribution in [3.8, 4) is 0 Å². The van der Waals surface area contributed by atoms with Gasteiger partial charge in [0.25, 0.3) is 0 Å². The summed E-state index contributed by atoms with van der Waals surface area (Å²) in [6.45, 7) is 5.51. The average molecular weight is 293 g/mol. The maximum atomic E-state index is 13.1. The molecule has 0 radical (unpaired) electrons. The van der Waals surface area contributed by atoms with Gasteiger partial charge in [0.15, 0.2) is 0 Å². The molecule has 0 spiro atoms. The van der Waals surface area contributed by atoms with Crippen molar-refractivity contribution in [1.29, 1.82) is 0 Å². The predicted octanol–water partition coefficient (Wildman–Crippen LogP) is 5.49. The van der Waals surface area contributed by atoms with Crippen LogP contribution in [0, 0.1) is 5.82 Å². The van der Waals surface area contributed by atoms with Crippen LogP contribution in [0.3, 0.4) is 0 Å². The lowest BCUT2D eigenvalue weighted by Gasteiger charge is -2.14. The number of rotatable bonds is 12. The molecule has 1 aromatic rings. The lowest BCUT2D eigenvalue weighted by Crippen LogP contribution is -2.29. The highest BCUT2D eigenvalue weighted by Gasteiger charge is 2.03. The van der Waals surface area contributed by atoms with E-state index < -0.39 is 0 Å². The number of unbranched alkanes of at least 4 members (excludes halogenated alkanes) is 7. The number of halogens is 1. The molecule has 0 amide bonds. The maximum absolute atomic E-state index is 13.1. The highest BCUT2D eigenvalue weighted by Crippen LogP contribution is 2.09. The van der Waals surface area contributed by atoms with Crippen molar-refractivity contribution in [2.45, 2.75) is 77.7 Å². The summed E-state index contributed by atoms with van der Waals surface area (Å²) in [6.07, 6.45) is 11.7. The first-order valence-electron chi connectivity index (χ1n) is 8.70. The summed E-state index contributed by atoms with van der Waals surface area (Å²) < 4.78 is 13.1. The van der Waals surface area contributed by atoms with Gasteiger partial charge < -0.3 is 5.32 Å². The van der Waals surface area contributed by atoms with E-state index in [9.17, 15) is 4.39 Å². The Bertz CT molecular complexity index is 364. The van der Waals surface area contributed by atoms with Crippen molar-refractivity contribution in [2.75, 3.05) is 6.54 Å². The van der Waals surface area contributed by atoms with E-state index in [1.165, 1.54) is 57.4 Å². The first-order chi connectivity index (χ1) is 10.2. The third kappa shape index (κ3) is 9.62. The summed E-state index contributed by atoms with van der Waals surface area (Å²) in [6, 6.07) is 7.33. The van der Waals surface area contributed by atoms with E-state index in [0.29, 0.717) is 6.04 Å². The molecule has 0 aliphatic rings. The predicted molar refractivity (Wildman–Crippen MR) is 90.2 cm³/mol. The monoisotopic (exact) mass is 293 g/mol. The fraction of sp³-hybridized carbons (Fsp3) is 0.684. The smallest absolute Gasteiger partial charge is 0.123 e. The largest absolute Gasteiger partial charge is 0.314 e. The van der Waals surface area contributed by atoms with E-state index >= 15 is 0 Å². The van der Waals surface area contributed by atoms with Crippen LogP contribution in [0.4, 0.5) is 4.39 Å². The van der Waals surface area contributed by atoms with Crippen LogP contribution in [0.25, 0.3) is 0 Å². The Morgan fingerprint density at radius 2 is 1.67 bits per heavy atom. The van der Waals surface area contributed by atoms with E-state index in [4.69, 9.17) is 0 Å². The summed E-state index contributed by atoms with van der Waals surface area (Å²) in [5.41, 5.74) is 1.07. The molecule has 0 bridgehead atoms. The minimum atomic E-state index is -0.136. The average Bonchev–Trinajstić information content (AvgIpc) is 2.45. The lowest BCUT2D eigenvalue weighted by atomic mass is 10.1. The van der Waals surface area contributed by atoms with Gasteiger partial charge in [0.1, 0.15) is 5.82 Å². The van der Waals surface area contributed by atoms with E-state index in [1.54, 1.807) is 12.1 Å². The van der Waals surface area contributed by atoms with Crippen molar-refractivity contribution in [1.82, 2.24) is 5.32 Å². The molecule has 0 saturated heterocycles. The summed E-state index contributed by atoms with van der Waals surface area (Å²) in [5.74, 6) is -0.136. The topological polar surface area (TPSA) is 12.0 Å². The second kappa shape index (κ2) is 11.7. The molecule has 21 heavy (non-hydrogen) atoms. The van der Waals surface area contributed by atoms with Crippen LogP contribution in [-0.4, -0.2) is 12.6 Å². The molecule has 1 atom stereocenters. The van der Waals surface area contributed by atoms with Gasteiger partial charge >= 0.3 is 0 Å². The van der Waals surface area contributed by atoms with Crippen LogP contribution >= 0.6 is 0 Å². The molecule has 0 heterocycles. The molecule has 0 aliphatic carbocycles. The first-order valence-corrected chi connectivity index (χ1v) is 8.70. The number of hydrogen-bond acceptors (Lipinski definition) is 1. The zero-order valence-corrected chi connectivity index (χ0v) is 13.8. The second-order valence-electron chi connectivity index (χ2n) is 6.16. The Balaban J connectivity index is 1.97. The Morgan fingerprint density at radius 3 is 2.33 bits per heavy atom. The summed E-state index contributed by atoms with van der Waals surface area (Å²) in [7, 11) is 0. The van der Waals surface area contributed by atoms with E-state index in [-0.39, 0.29) is 5.82 Å². The van der Waals surface area contributed by atoms with Gasteiger partial charge in [0, 0.05) is 6.04 Å². The number of benzene rings is 1. The van der Waals surface area contributed by atoms with Crippen LogP contribution in [0.1, 0.15) is 70.8 Å². The van der Waals surface area contributed by atoms with Crippen molar-refractivity contribution in [3.63, 3.8) is 0 Å². The molecule has 0 aliphatic heterocycles. The summed E-state index contributed by atoms with van der Waals surface area (Å²) in [4.78, 5) is 0. The van der Waals surface area contributed by atoms with E-state index in [2.05, 4.69) is 19.2 Å². The quantitative estimate of drug-likeness (QED) is 0.503. The molecule has 2 heteroatoms. The lowest BCUT2D eigenvalue weighted by molar-refractivity contribution is 0.507. The minimum absolute atomic E-state index is 0.136. The SMILES string of the molecule is CCCCCCCCCCNC(C)Cc1cccc(F)c1. The van der Waals surface area contributed by atoms with Crippen LogP contribution in [-0.2, 0) is 6.42 Å². The van der Waals surface area contributed by atoms with Crippen molar-refractivity contribution in [2.24, 2.45) is 0 Å². The van der Waals surface area contributed by atoms with Gasteiger partial charge in [-0.3, -0.25) is 0 Å².